The molecule has 0 spiro atoms. The van der Waals surface area contributed by atoms with Crippen LogP contribution >= 0.6 is 11.6 Å². The SMILES string of the molecule is C=CCN(C)Cc1cc2cc(Cc3nc(N)n[nH]3)ccc2o1.Cc1cccc(C(=O)Cl)c1. The number of hydrogen-bond acceptors (Lipinski definition) is 6. The fraction of sp³-hybridized carbons (Fsp3) is 0.208. The first-order valence-corrected chi connectivity index (χ1v) is 10.5. The molecule has 2 heterocycles. The zero-order valence-electron chi connectivity index (χ0n) is 18.1. The van der Waals surface area contributed by atoms with Crippen molar-refractivity contribution in [2.24, 2.45) is 0 Å². The lowest BCUT2D eigenvalue weighted by atomic mass is 10.1. The van der Waals surface area contributed by atoms with E-state index in [-0.39, 0.29) is 5.95 Å². The molecule has 0 amide bonds. The molecule has 32 heavy (non-hydrogen) atoms. The monoisotopic (exact) mass is 451 g/mol. The fourth-order valence-electron chi connectivity index (χ4n) is 3.24. The summed E-state index contributed by atoms with van der Waals surface area (Å²) in [7, 11) is 2.04. The number of nitrogen functional groups attached to an aromatic ring is 1. The highest BCUT2D eigenvalue weighted by atomic mass is 35.5. The van der Waals surface area contributed by atoms with Crippen LogP contribution in [0.4, 0.5) is 5.95 Å². The van der Waals surface area contributed by atoms with Crippen molar-refractivity contribution in [3.63, 3.8) is 0 Å². The molecule has 0 fully saturated rings. The first-order chi connectivity index (χ1) is 15.3. The lowest BCUT2D eigenvalue weighted by molar-refractivity contribution is 0.108. The van der Waals surface area contributed by atoms with E-state index in [0.29, 0.717) is 12.0 Å². The van der Waals surface area contributed by atoms with Crippen molar-refractivity contribution in [3.05, 3.63) is 89.5 Å². The van der Waals surface area contributed by atoms with E-state index >= 15 is 0 Å². The Morgan fingerprint density at radius 3 is 2.72 bits per heavy atom. The topological polar surface area (TPSA) is 101 Å². The fourth-order valence-corrected chi connectivity index (χ4v) is 3.35. The summed E-state index contributed by atoms with van der Waals surface area (Å²) in [6.07, 6.45) is 2.54. The molecule has 0 radical (unpaired) electrons. The second kappa shape index (κ2) is 10.7. The van der Waals surface area contributed by atoms with Crippen molar-refractivity contribution in [1.29, 1.82) is 0 Å². The number of carbonyl (C=O) groups is 1. The van der Waals surface area contributed by atoms with E-state index < -0.39 is 5.24 Å². The minimum Gasteiger partial charge on any atom is -0.460 e. The number of furan rings is 1. The van der Waals surface area contributed by atoms with Crippen LogP contribution in [-0.4, -0.2) is 38.9 Å². The molecule has 166 valence electrons. The second-order valence-corrected chi connectivity index (χ2v) is 7.87. The molecule has 0 aliphatic heterocycles. The molecule has 0 aliphatic carbocycles. The third kappa shape index (κ3) is 6.54. The highest BCUT2D eigenvalue weighted by molar-refractivity contribution is 6.67. The van der Waals surface area contributed by atoms with Crippen LogP contribution in [0.15, 0.2) is 65.6 Å². The number of benzene rings is 2. The molecule has 3 N–H and O–H groups in total. The Bertz CT molecular complexity index is 1210. The van der Waals surface area contributed by atoms with Crippen molar-refractivity contribution < 1.29 is 9.21 Å². The number of aromatic nitrogens is 3. The number of likely N-dealkylation sites (N-methyl/N-ethyl adjacent to an activating group) is 1. The van der Waals surface area contributed by atoms with Crippen LogP contribution in [0.1, 0.15) is 33.1 Å². The summed E-state index contributed by atoms with van der Waals surface area (Å²) < 4.78 is 5.86. The van der Waals surface area contributed by atoms with Gasteiger partial charge in [0.25, 0.3) is 5.24 Å². The van der Waals surface area contributed by atoms with Crippen LogP contribution in [0.3, 0.4) is 0 Å². The Balaban J connectivity index is 0.000000243. The first kappa shape index (κ1) is 23.2. The average Bonchev–Trinajstić information content (AvgIpc) is 3.33. The number of halogens is 1. The van der Waals surface area contributed by atoms with Crippen LogP contribution in [0.25, 0.3) is 11.0 Å². The summed E-state index contributed by atoms with van der Waals surface area (Å²) >= 11 is 5.24. The molecule has 0 saturated carbocycles. The minimum atomic E-state index is -0.399. The van der Waals surface area contributed by atoms with E-state index in [1.165, 1.54) is 0 Å². The molecular weight excluding hydrogens is 426 g/mol. The molecule has 0 aliphatic rings. The maximum atomic E-state index is 10.6. The Morgan fingerprint density at radius 1 is 1.28 bits per heavy atom. The summed E-state index contributed by atoms with van der Waals surface area (Å²) in [5.41, 5.74) is 9.15. The van der Waals surface area contributed by atoms with Crippen molar-refractivity contribution >= 4 is 33.8 Å². The largest absolute Gasteiger partial charge is 0.460 e. The number of rotatable bonds is 7. The predicted molar refractivity (Wildman–Crippen MR) is 128 cm³/mol. The quantitative estimate of drug-likeness (QED) is 0.311. The summed E-state index contributed by atoms with van der Waals surface area (Å²) in [4.78, 5) is 16.8. The van der Waals surface area contributed by atoms with Gasteiger partial charge in [0, 0.05) is 23.9 Å². The summed E-state index contributed by atoms with van der Waals surface area (Å²) in [5, 5.41) is 7.35. The molecule has 0 unspecified atom stereocenters. The van der Waals surface area contributed by atoms with Gasteiger partial charge in [-0.15, -0.1) is 11.7 Å². The van der Waals surface area contributed by atoms with Gasteiger partial charge in [0.2, 0.25) is 5.95 Å². The number of nitrogens with zero attached hydrogens (tertiary/aromatic N) is 3. The average molecular weight is 452 g/mol. The molecule has 2 aromatic heterocycles. The number of hydrogen-bond donors (Lipinski definition) is 2. The molecular formula is C24H26ClN5O2. The van der Waals surface area contributed by atoms with Crippen LogP contribution in [0.5, 0.6) is 0 Å². The van der Waals surface area contributed by atoms with Gasteiger partial charge in [0.05, 0.1) is 6.54 Å². The van der Waals surface area contributed by atoms with Gasteiger partial charge in [-0.25, -0.2) is 0 Å². The van der Waals surface area contributed by atoms with Gasteiger partial charge in [-0.2, -0.15) is 4.98 Å². The minimum absolute atomic E-state index is 0.270. The molecule has 0 saturated heterocycles. The number of fused-ring (bicyclic) bond motifs is 1. The lowest BCUT2D eigenvalue weighted by Gasteiger charge is -2.11. The summed E-state index contributed by atoms with van der Waals surface area (Å²) in [6, 6.07) is 15.4. The van der Waals surface area contributed by atoms with Gasteiger partial charge in [0.15, 0.2) is 0 Å². The van der Waals surface area contributed by atoms with Gasteiger partial charge >= 0.3 is 0 Å². The summed E-state index contributed by atoms with van der Waals surface area (Å²) in [5.74, 6) is 1.97. The van der Waals surface area contributed by atoms with Gasteiger partial charge in [0.1, 0.15) is 17.2 Å². The molecule has 4 rings (SSSR count). The number of anilines is 1. The number of aryl methyl sites for hydroxylation is 1. The van der Waals surface area contributed by atoms with E-state index in [4.69, 9.17) is 21.8 Å². The Morgan fingerprint density at radius 2 is 2.09 bits per heavy atom. The second-order valence-electron chi connectivity index (χ2n) is 7.53. The van der Waals surface area contributed by atoms with Crippen molar-refractivity contribution in [3.8, 4) is 0 Å². The lowest BCUT2D eigenvalue weighted by Crippen LogP contribution is -2.16. The van der Waals surface area contributed by atoms with Crippen LogP contribution < -0.4 is 5.73 Å². The number of carbonyl (C=O) groups excluding carboxylic acids is 1. The Labute approximate surface area is 191 Å². The van der Waals surface area contributed by atoms with E-state index in [0.717, 1.165) is 46.8 Å². The number of aromatic amines is 1. The van der Waals surface area contributed by atoms with Crippen LogP contribution in [0.2, 0.25) is 0 Å². The molecule has 0 bridgehead atoms. The van der Waals surface area contributed by atoms with Gasteiger partial charge in [-0.3, -0.25) is 14.8 Å². The van der Waals surface area contributed by atoms with Gasteiger partial charge in [-0.1, -0.05) is 35.9 Å². The maximum absolute atomic E-state index is 10.6. The molecule has 7 nitrogen and oxygen atoms in total. The molecule has 0 atom stereocenters. The molecule has 8 heteroatoms. The number of H-pyrrole nitrogens is 1. The zero-order chi connectivity index (χ0) is 23.1. The smallest absolute Gasteiger partial charge is 0.252 e. The molecule has 4 aromatic rings. The Kier molecular flexibility index (Phi) is 7.81. The van der Waals surface area contributed by atoms with Crippen molar-refractivity contribution in [1.82, 2.24) is 20.1 Å². The maximum Gasteiger partial charge on any atom is 0.252 e. The van der Waals surface area contributed by atoms with E-state index in [9.17, 15) is 4.79 Å². The van der Waals surface area contributed by atoms with Crippen LogP contribution in [0, 0.1) is 6.92 Å². The van der Waals surface area contributed by atoms with Crippen molar-refractivity contribution in [2.75, 3.05) is 19.3 Å². The third-order valence-corrected chi connectivity index (χ3v) is 4.88. The number of nitrogens with one attached hydrogen (secondary N) is 1. The van der Waals surface area contributed by atoms with E-state index in [1.807, 2.05) is 44.3 Å². The summed E-state index contributed by atoms with van der Waals surface area (Å²) in [6.45, 7) is 7.25. The Hall–Kier alpha value is -3.42. The normalized spacial score (nSPS) is 10.8. The zero-order valence-corrected chi connectivity index (χ0v) is 18.9. The van der Waals surface area contributed by atoms with Gasteiger partial charge in [-0.05, 0) is 55.4 Å². The highest BCUT2D eigenvalue weighted by Crippen LogP contribution is 2.22. The van der Waals surface area contributed by atoms with E-state index in [2.05, 4.69) is 38.8 Å². The third-order valence-electron chi connectivity index (χ3n) is 4.66. The van der Waals surface area contributed by atoms with E-state index in [1.54, 1.807) is 12.1 Å². The van der Waals surface area contributed by atoms with Crippen LogP contribution in [-0.2, 0) is 13.0 Å². The predicted octanol–water partition coefficient (Wildman–Crippen LogP) is 4.72. The first-order valence-electron chi connectivity index (χ1n) is 10.1. The standard InChI is InChI=1S/C16H19N5O.C8H7ClO/c1-3-6-21(2)10-13-9-12-7-11(4-5-14(12)22-13)8-15-18-16(17)20-19-15;1-6-3-2-4-7(5-6)8(9)10/h3-5,7,9H,1,6,8,10H2,2H3,(H3,17,18,19,20);2-5H,1H3. The number of nitrogens with two attached hydrogens (primary N) is 1. The van der Waals surface area contributed by atoms with Crippen molar-refractivity contribution in [2.45, 2.75) is 19.9 Å². The highest BCUT2D eigenvalue weighted by Gasteiger charge is 2.08. The van der Waals surface area contributed by atoms with Gasteiger partial charge < -0.3 is 10.2 Å². The molecule has 2 aromatic carbocycles.